The maximum atomic E-state index is 11.2. The van der Waals surface area contributed by atoms with E-state index in [1.54, 1.807) is 7.05 Å². The number of hydrogen-bond acceptors (Lipinski definition) is 6. The molecule has 0 saturated heterocycles. The largest absolute Gasteiger partial charge is 0.367 e. The van der Waals surface area contributed by atoms with Gasteiger partial charge in [0.15, 0.2) is 0 Å². The zero-order valence-electron chi connectivity index (χ0n) is 12.1. The number of anilines is 2. The molecule has 1 aliphatic carbocycles. The van der Waals surface area contributed by atoms with E-state index in [1.165, 1.54) is 6.33 Å². The summed E-state index contributed by atoms with van der Waals surface area (Å²) in [6, 6.07) is 0.237. The van der Waals surface area contributed by atoms with Crippen LogP contribution < -0.4 is 10.6 Å². The Kier molecular flexibility index (Phi) is 4.06. The summed E-state index contributed by atoms with van der Waals surface area (Å²) < 4.78 is 0. The zero-order chi connectivity index (χ0) is 14.8. The molecule has 110 valence electrons. The van der Waals surface area contributed by atoms with Gasteiger partial charge in [0, 0.05) is 13.1 Å². The van der Waals surface area contributed by atoms with E-state index in [2.05, 4.69) is 34.4 Å². The lowest BCUT2D eigenvalue weighted by molar-refractivity contribution is -0.383. The lowest BCUT2D eigenvalue weighted by Crippen LogP contribution is -2.30. The highest BCUT2D eigenvalue weighted by atomic mass is 16.6. The Morgan fingerprint density at radius 1 is 1.30 bits per heavy atom. The van der Waals surface area contributed by atoms with Gasteiger partial charge in [0.2, 0.25) is 11.6 Å². The number of nitrogens with one attached hydrogen (secondary N) is 2. The Balaban J connectivity index is 2.16. The zero-order valence-corrected chi connectivity index (χ0v) is 12.1. The fourth-order valence-electron chi connectivity index (χ4n) is 2.58. The van der Waals surface area contributed by atoms with Crippen LogP contribution in [-0.4, -0.2) is 28.0 Å². The molecule has 1 aromatic heterocycles. The quantitative estimate of drug-likeness (QED) is 0.650. The highest BCUT2D eigenvalue weighted by molar-refractivity contribution is 5.69. The minimum absolute atomic E-state index is 0.0835. The summed E-state index contributed by atoms with van der Waals surface area (Å²) in [6.45, 7) is 4.52. The van der Waals surface area contributed by atoms with Gasteiger partial charge in [-0.3, -0.25) is 10.1 Å². The van der Waals surface area contributed by atoms with Crippen molar-refractivity contribution >= 4 is 17.3 Å². The van der Waals surface area contributed by atoms with E-state index in [4.69, 9.17) is 0 Å². The lowest BCUT2D eigenvalue weighted by atomic mass is 9.75. The molecule has 2 N–H and O–H groups in total. The van der Waals surface area contributed by atoms with E-state index in [-0.39, 0.29) is 17.5 Å². The predicted octanol–water partition coefficient (Wildman–Crippen LogP) is 2.81. The van der Waals surface area contributed by atoms with Gasteiger partial charge in [-0.1, -0.05) is 13.8 Å². The summed E-state index contributed by atoms with van der Waals surface area (Å²) in [6.07, 6.45) is 5.57. The summed E-state index contributed by atoms with van der Waals surface area (Å²) in [5, 5.41) is 17.1. The molecule has 1 heterocycles. The fourth-order valence-corrected chi connectivity index (χ4v) is 2.58. The molecule has 0 spiro atoms. The molecule has 2 rings (SSSR count). The van der Waals surface area contributed by atoms with Crippen LogP contribution >= 0.6 is 0 Å². The summed E-state index contributed by atoms with van der Waals surface area (Å²) in [5.41, 5.74) is 0.283. The molecular formula is C13H21N5O2. The predicted molar refractivity (Wildman–Crippen MR) is 77.9 cm³/mol. The van der Waals surface area contributed by atoms with Crippen molar-refractivity contribution in [1.29, 1.82) is 0 Å². The highest BCUT2D eigenvalue weighted by Gasteiger charge is 2.29. The smallest absolute Gasteiger partial charge is 0.353 e. The molecule has 0 radical (unpaired) electrons. The van der Waals surface area contributed by atoms with Crippen LogP contribution in [0.1, 0.15) is 39.5 Å². The second-order valence-electron chi connectivity index (χ2n) is 6.01. The molecule has 0 unspecified atom stereocenters. The van der Waals surface area contributed by atoms with Gasteiger partial charge in [0.25, 0.3) is 0 Å². The van der Waals surface area contributed by atoms with Crippen molar-refractivity contribution in [3.8, 4) is 0 Å². The number of nitrogens with zero attached hydrogens (tertiary/aromatic N) is 3. The third-order valence-corrected chi connectivity index (χ3v) is 3.92. The standard InChI is InChI=1S/C13H21N5O2/c1-13(2)6-4-9(5-7-13)17-12-10(18(19)20)11(14-3)15-8-16-12/h8-9H,4-7H2,1-3H3,(H2,14,15,16,17). The minimum atomic E-state index is -0.444. The monoisotopic (exact) mass is 279 g/mol. The van der Waals surface area contributed by atoms with Crippen LogP contribution in [-0.2, 0) is 0 Å². The first-order valence-corrected chi connectivity index (χ1v) is 6.86. The number of hydrogen-bond donors (Lipinski definition) is 2. The summed E-state index contributed by atoms with van der Waals surface area (Å²) >= 11 is 0. The fraction of sp³-hybridized carbons (Fsp3) is 0.692. The Labute approximate surface area is 118 Å². The summed E-state index contributed by atoms with van der Waals surface area (Å²) in [5.74, 6) is 0.544. The molecule has 1 saturated carbocycles. The van der Waals surface area contributed by atoms with Crippen molar-refractivity contribution in [3.63, 3.8) is 0 Å². The molecule has 1 aliphatic rings. The molecule has 0 atom stereocenters. The van der Waals surface area contributed by atoms with Gasteiger partial charge < -0.3 is 10.6 Å². The van der Waals surface area contributed by atoms with Crippen molar-refractivity contribution in [3.05, 3.63) is 16.4 Å². The Morgan fingerprint density at radius 3 is 2.45 bits per heavy atom. The second kappa shape index (κ2) is 5.60. The van der Waals surface area contributed by atoms with Crippen molar-refractivity contribution in [1.82, 2.24) is 9.97 Å². The second-order valence-corrected chi connectivity index (χ2v) is 6.01. The van der Waals surface area contributed by atoms with Gasteiger partial charge in [-0.25, -0.2) is 9.97 Å². The van der Waals surface area contributed by atoms with Crippen LogP contribution in [0.25, 0.3) is 0 Å². The first kappa shape index (κ1) is 14.5. The summed E-state index contributed by atoms with van der Waals surface area (Å²) in [4.78, 5) is 18.7. The third kappa shape index (κ3) is 3.15. The number of nitro groups is 1. The highest BCUT2D eigenvalue weighted by Crippen LogP contribution is 2.37. The Morgan fingerprint density at radius 2 is 1.90 bits per heavy atom. The third-order valence-electron chi connectivity index (χ3n) is 3.92. The van der Waals surface area contributed by atoms with E-state index < -0.39 is 4.92 Å². The summed E-state index contributed by atoms with van der Waals surface area (Å²) in [7, 11) is 1.61. The SMILES string of the molecule is CNc1ncnc(NC2CCC(C)(C)CC2)c1[N+](=O)[O-]. The number of aromatic nitrogens is 2. The first-order valence-electron chi connectivity index (χ1n) is 6.86. The molecule has 1 fully saturated rings. The number of rotatable bonds is 4. The minimum Gasteiger partial charge on any atom is -0.367 e. The maximum Gasteiger partial charge on any atom is 0.353 e. The molecule has 1 aromatic rings. The van der Waals surface area contributed by atoms with E-state index in [0.29, 0.717) is 11.2 Å². The van der Waals surface area contributed by atoms with Gasteiger partial charge >= 0.3 is 5.69 Å². The Hall–Kier alpha value is -1.92. The first-order chi connectivity index (χ1) is 9.43. The van der Waals surface area contributed by atoms with Crippen LogP contribution in [0.15, 0.2) is 6.33 Å². The van der Waals surface area contributed by atoms with E-state index in [1.807, 2.05) is 0 Å². The van der Waals surface area contributed by atoms with Crippen molar-refractivity contribution in [2.75, 3.05) is 17.7 Å². The normalized spacial score (nSPS) is 18.6. The van der Waals surface area contributed by atoms with Gasteiger partial charge in [0.1, 0.15) is 6.33 Å². The van der Waals surface area contributed by atoms with Gasteiger partial charge in [-0.05, 0) is 31.1 Å². The van der Waals surface area contributed by atoms with Crippen LogP contribution in [0, 0.1) is 15.5 Å². The van der Waals surface area contributed by atoms with E-state index in [9.17, 15) is 10.1 Å². The van der Waals surface area contributed by atoms with Gasteiger partial charge in [-0.2, -0.15) is 0 Å². The average Bonchev–Trinajstić information content (AvgIpc) is 2.40. The average molecular weight is 279 g/mol. The molecular weight excluding hydrogens is 258 g/mol. The van der Waals surface area contributed by atoms with Gasteiger partial charge in [-0.15, -0.1) is 0 Å². The van der Waals surface area contributed by atoms with Crippen molar-refractivity contribution in [2.45, 2.75) is 45.6 Å². The molecule has 0 aliphatic heterocycles. The molecule has 7 heteroatoms. The lowest BCUT2D eigenvalue weighted by Gasteiger charge is -2.34. The molecule has 0 bridgehead atoms. The van der Waals surface area contributed by atoms with Crippen LogP contribution in [0.5, 0.6) is 0 Å². The molecule has 0 amide bonds. The van der Waals surface area contributed by atoms with Crippen LogP contribution in [0.2, 0.25) is 0 Å². The van der Waals surface area contributed by atoms with E-state index in [0.717, 1.165) is 25.7 Å². The van der Waals surface area contributed by atoms with Crippen molar-refractivity contribution < 1.29 is 4.92 Å². The Bertz CT molecular complexity index is 494. The van der Waals surface area contributed by atoms with E-state index >= 15 is 0 Å². The topological polar surface area (TPSA) is 93.0 Å². The maximum absolute atomic E-state index is 11.2. The van der Waals surface area contributed by atoms with Crippen LogP contribution in [0.3, 0.4) is 0 Å². The van der Waals surface area contributed by atoms with Crippen molar-refractivity contribution in [2.24, 2.45) is 5.41 Å². The molecule has 7 nitrogen and oxygen atoms in total. The molecule has 0 aromatic carbocycles. The van der Waals surface area contributed by atoms with Gasteiger partial charge in [0.05, 0.1) is 4.92 Å². The molecule has 20 heavy (non-hydrogen) atoms. The van der Waals surface area contributed by atoms with Crippen LogP contribution in [0.4, 0.5) is 17.3 Å².